The van der Waals surface area contributed by atoms with E-state index in [1.54, 1.807) is 27.6 Å². The van der Waals surface area contributed by atoms with Gasteiger partial charge in [-0.25, -0.2) is 9.59 Å². The molecule has 2 aromatic heterocycles. The number of amides is 4. The van der Waals surface area contributed by atoms with Gasteiger partial charge in [0.25, 0.3) is 0 Å². The largest absolute Gasteiger partial charge is 0.453 e. The molecule has 0 saturated carbocycles. The Kier molecular flexibility index (Phi) is 11.6. The summed E-state index contributed by atoms with van der Waals surface area (Å²) in [6.07, 6.45) is 9.55. The molecule has 4 aromatic rings. The number of fused-ring (bicyclic) bond motifs is 1. The summed E-state index contributed by atoms with van der Waals surface area (Å²) in [6, 6.07) is 20.4. The van der Waals surface area contributed by atoms with Gasteiger partial charge < -0.3 is 29.9 Å². The molecule has 4 aliphatic heterocycles. The maximum Gasteiger partial charge on any atom is 0.407 e. The highest BCUT2D eigenvalue weighted by molar-refractivity contribution is 7.30. The molecule has 8 rings (SSSR count). The molecule has 1 saturated heterocycles. The molecule has 0 spiro atoms. The van der Waals surface area contributed by atoms with E-state index in [9.17, 15) is 19.2 Å². The molecule has 2 aromatic carbocycles. The molecule has 0 bridgehead atoms. The Balaban J connectivity index is 0.884. The number of allylic oxidation sites excluding steroid dienone is 2. The van der Waals surface area contributed by atoms with Crippen molar-refractivity contribution in [1.82, 2.24) is 20.4 Å². The number of nitrogens with zero attached hydrogens (tertiary/aromatic N) is 4. The van der Waals surface area contributed by atoms with E-state index < -0.39 is 24.3 Å². The van der Waals surface area contributed by atoms with Gasteiger partial charge in [0, 0.05) is 68.9 Å². The average molecular weight is 831 g/mol. The normalized spacial score (nSPS) is 19.7. The van der Waals surface area contributed by atoms with Gasteiger partial charge in [0.1, 0.15) is 12.1 Å². The molecular formula is C45H46N6O6S2. The van der Waals surface area contributed by atoms with Gasteiger partial charge in [0.05, 0.1) is 26.3 Å². The van der Waals surface area contributed by atoms with Gasteiger partial charge >= 0.3 is 12.2 Å². The summed E-state index contributed by atoms with van der Waals surface area (Å²) in [5.74, 6) is -0.428. The smallest absolute Gasteiger partial charge is 0.407 e. The first-order valence-electron chi connectivity index (χ1n) is 19.8. The number of benzene rings is 2. The number of carbonyl (C=O) groups is 4. The van der Waals surface area contributed by atoms with Crippen molar-refractivity contribution in [3.8, 4) is 10.4 Å². The molecule has 4 atom stereocenters. The minimum atomic E-state index is -0.845. The van der Waals surface area contributed by atoms with E-state index in [4.69, 9.17) is 19.5 Å². The third-order valence-corrected chi connectivity index (χ3v) is 13.7. The van der Waals surface area contributed by atoms with E-state index in [1.165, 1.54) is 33.4 Å². The molecule has 304 valence electrons. The van der Waals surface area contributed by atoms with Gasteiger partial charge in [-0.15, -0.1) is 22.7 Å². The van der Waals surface area contributed by atoms with E-state index in [0.717, 1.165) is 46.5 Å². The summed E-state index contributed by atoms with van der Waals surface area (Å²) in [5.41, 5.74) is 7.05. The van der Waals surface area contributed by atoms with Crippen LogP contribution in [0, 0.1) is 5.92 Å². The Labute approximate surface area is 351 Å². The lowest BCUT2D eigenvalue weighted by atomic mass is 9.97. The number of alkyl carbamates (subject to hydrolysis) is 2. The lowest BCUT2D eigenvalue weighted by Crippen LogP contribution is -2.53. The summed E-state index contributed by atoms with van der Waals surface area (Å²) in [7, 11) is 2.59. The van der Waals surface area contributed by atoms with Crippen molar-refractivity contribution in [2.75, 3.05) is 27.3 Å². The van der Waals surface area contributed by atoms with Crippen molar-refractivity contribution >= 4 is 78.6 Å². The molecule has 4 amide bonds. The molecule has 59 heavy (non-hydrogen) atoms. The van der Waals surface area contributed by atoms with Crippen LogP contribution >= 0.6 is 22.7 Å². The zero-order valence-electron chi connectivity index (χ0n) is 33.3. The number of likely N-dealkylation sites (tertiary alicyclic amines) is 1. The Morgan fingerprint density at radius 2 is 1.41 bits per heavy atom. The zero-order chi connectivity index (χ0) is 41.2. The number of methoxy groups -OCH3 is 2. The first-order chi connectivity index (χ1) is 28.6. The third kappa shape index (κ3) is 8.24. The van der Waals surface area contributed by atoms with Gasteiger partial charge in [0.15, 0.2) is 0 Å². The number of hydrogen-bond acceptors (Lipinski definition) is 10. The van der Waals surface area contributed by atoms with E-state index in [0.29, 0.717) is 31.5 Å². The third-order valence-electron chi connectivity index (χ3n) is 11.3. The first kappa shape index (κ1) is 39.9. The van der Waals surface area contributed by atoms with E-state index in [2.05, 4.69) is 47.0 Å². The van der Waals surface area contributed by atoms with Crippen LogP contribution in [0.25, 0.3) is 31.0 Å². The summed E-state index contributed by atoms with van der Waals surface area (Å²) in [5, 5.41) is 5.44. The van der Waals surface area contributed by atoms with Crippen molar-refractivity contribution in [3.05, 3.63) is 107 Å². The summed E-state index contributed by atoms with van der Waals surface area (Å²) in [6.45, 7) is 4.86. The van der Waals surface area contributed by atoms with Gasteiger partial charge in [-0.1, -0.05) is 80.6 Å². The fourth-order valence-corrected chi connectivity index (χ4v) is 10.6. The maximum atomic E-state index is 13.9. The number of carbonyl (C=O) groups excluding carboxylic acids is 4. The molecule has 4 aliphatic rings. The number of hydrogen-bond donors (Lipinski definition) is 2. The zero-order valence-corrected chi connectivity index (χ0v) is 35.0. The molecule has 12 nitrogen and oxygen atoms in total. The molecule has 14 heteroatoms. The Hall–Kier alpha value is -5.86. The summed E-state index contributed by atoms with van der Waals surface area (Å²) >= 11 is 3.53. The summed E-state index contributed by atoms with van der Waals surface area (Å²) in [4.78, 5) is 67.3. The molecule has 0 unspecified atom stereocenters. The van der Waals surface area contributed by atoms with E-state index >= 15 is 0 Å². The van der Waals surface area contributed by atoms with Crippen LogP contribution in [-0.4, -0.2) is 90.7 Å². The molecule has 0 aliphatic carbocycles. The van der Waals surface area contributed by atoms with Crippen molar-refractivity contribution in [2.45, 2.75) is 63.7 Å². The number of nitrogens with one attached hydrogen (secondary N) is 2. The number of aliphatic imine (C=N–C) groups is 2. The van der Waals surface area contributed by atoms with Crippen molar-refractivity contribution < 1.29 is 28.7 Å². The van der Waals surface area contributed by atoms with Crippen LogP contribution in [-0.2, 0) is 19.1 Å². The second kappa shape index (κ2) is 17.2. The van der Waals surface area contributed by atoms with E-state index in [1.807, 2.05) is 73.6 Å². The van der Waals surface area contributed by atoms with Gasteiger partial charge in [-0.3, -0.25) is 19.6 Å². The van der Waals surface area contributed by atoms with Gasteiger partial charge in [-0.2, -0.15) is 0 Å². The topological polar surface area (TPSA) is 142 Å². The highest BCUT2D eigenvalue weighted by atomic mass is 32.1. The fraction of sp³-hybridized carbons (Fsp3) is 0.333. The SMILES string of the molecule is COC(=O)N[C@H](C(=O)N1CC=C[C@H]1C1=NC=C(c2ccc(-c3cc4sc(C5=CN=C([C@@H]6CCCN6C(=O)[C@H](NC(=O)OC)c6ccccc6)C5)cc4s3)cc2)C1)C(C)C. The minimum Gasteiger partial charge on any atom is -0.453 e. The highest BCUT2D eigenvalue weighted by Gasteiger charge is 2.39. The summed E-state index contributed by atoms with van der Waals surface area (Å²) < 4.78 is 12.0. The standard InChI is InChI=1S/C45H46N6O6S2/c1-26(2)40(48-44(54)56-3)42(52)50-18-8-12-34(50)32-20-30(24-46-32)27-14-16-28(17-15-27)36-22-38-39(58-36)23-37(59-38)31-21-33(47-25-31)35-13-9-19-51(35)43(53)41(49-45(55)57-4)29-10-6-5-7-11-29/h5-8,10-12,14-17,22-26,34-35,40-41H,9,13,18-21H2,1-4H3,(H,48,54)(H,49,55)/t34-,35-,40-,41+/m0/s1. The van der Waals surface area contributed by atoms with Crippen LogP contribution in [0.3, 0.4) is 0 Å². The minimum absolute atomic E-state index is 0.109. The Bertz CT molecular complexity index is 2400. The first-order valence-corrected chi connectivity index (χ1v) is 21.4. The molecular weight excluding hydrogens is 785 g/mol. The van der Waals surface area contributed by atoms with Crippen LogP contribution < -0.4 is 10.6 Å². The van der Waals surface area contributed by atoms with Crippen LogP contribution in [0.15, 0.2) is 101 Å². The van der Waals surface area contributed by atoms with Crippen molar-refractivity contribution in [2.24, 2.45) is 15.9 Å². The highest BCUT2D eigenvalue weighted by Crippen LogP contribution is 2.43. The number of thiophene rings is 2. The second-order valence-electron chi connectivity index (χ2n) is 15.3. The molecule has 6 heterocycles. The predicted octanol–water partition coefficient (Wildman–Crippen LogP) is 8.24. The van der Waals surface area contributed by atoms with Crippen LogP contribution in [0.4, 0.5) is 9.59 Å². The Morgan fingerprint density at radius 3 is 2.14 bits per heavy atom. The average Bonchev–Trinajstić information content (AvgIpc) is 4.10. The molecule has 2 N–H and O–H groups in total. The Morgan fingerprint density at radius 1 is 0.763 bits per heavy atom. The van der Waals surface area contributed by atoms with Gasteiger partial charge in [-0.05, 0) is 58.7 Å². The quantitative estimate of drug-likeness (QED) is 0.146. The van der Waals surface area contributed by atoms with Crippen LogP contribution in [0.2, 0.25) is 0 Å². The fourth-order valence-electron chi connectivity index (χ4n) is 8.16. The number of ether oxygens (including phenoxy) is 2. The predicted molar refractivity (Wildman–Crippen MR) is 233 cm³/mol. The molecule has 1 fully saturated rings. The maximum absolute atomic E-state index is 13.9. The van der Waals surface area contributed by atoms with Crippen LogP contribution in [0.5, 0.6) is 0 Å². The molecule has 0 radical (unpaired) electrons. The van der Waals surface area contributed by atoms with Crippen LogP contribution in [0.1, 0.15) is 61.6 Å². The lowest BCUT2D eigenvalue weighted by Gasteiger charge is -2.31. The lowest BCUT2D eigenvalue weighted by molar-refractivity contribution is -0.134. The van der Waals surface area contributed by atoms with Gasteiger partial charge in [0.2, 0.25) is 11.8 Å². The van der Waals surface area contributed by atoms with Crippen molar-refractivity contribution in [3.63, 3.8) is 0 Å². The van der Waals surface area contributed by atoms with E-state index in [-0.39, 0.29) is 29.8 Å². The monoisotopic (exact) mass is 830 g/mol. The second-order valence-corrected chi connectivity index (χ2v) is 17.5. The number of rotatable bonds is 11. The van der Waals surface area contributed by atoms with Crippen molar-refractivity contribution in [1.29, 1.82) is 0 Å².